The Morgan fingerprint density at radius 2 is 1.54 bits per heavy atom. The van der Waals surface area contributed by atoms with Crippen LogP contribution in [0.4, 0.5) is 5.69 Å². The van der Waals surface area contributed by atoms with Crippen LogP contribution in [0.5, 0.6) is 0 Å². The average Bonchev–Trinajstić information content (AvgIpc) is 2.62. The second kappa shape index (κ2) is 7.01. The molecule has 5 nitrogen and oxygen atoms in total. The molecule has 0 aromatic heterocycles. The maximum absolute atomic E-state index is 12.8. The highest BCUT2D eigenvalue weighted by Crippen LogP contribution is 2.28. The van der Waals surface area contributed by atoms with Crippen LogP contribution in [0.25, 0.3) is 11.1 Å². The Morgan fingerprint density at radius 1 is 0.885 bits per heavy atom. The number of anilines is 1. The Kier molecular flexibility index (Phi) is 4.77. The van der Waals surface area contributed by atoms with Crippen molar-refractivity contribution >= 4 is 21.4 Å². The van der Waals surface area contributed by atoms with Crippen molar-refractivity contribution in [2.24, 2.45) is 5.73 Å². The molecule has 3 rings (SSSR count). The fourth-order valence-corrected chi connectivity index (χ4v) is 4.09. The van der Waals surface area contributed by atoms with Crippen molar-refractivity contribution in [3.8, 4) is 11.1 Å². The van der Waals surface area contributed by atoms with Crippen molar-refractivity contribution in [3.63, 3.8) is 0 Å². The lowest BCUT2D eigenvalue weighted by Crippen LogP contribution is -2.13. The quantitative estimate of drug-likeness (QED) is 0.677. The monoisotopic (exact) mass is 366 g/mol. The third kappa shape index (κ3) is 3.75. The van der Waals surface area contributed by atoms with Gasteiger partial charge in [-0.25, -0.2) is 8.42 Å². The van der Waals surface area contributed by atoms with E-state index in [9.17, 15) is 13.2 Å². The largest absolute Gasteiger partial charge is 0.399 e. The van der Waals surface area contributed by atoms with Gasteiger partial charge in [0.2, 0.25) is 5.91 Å². The van der Waals surface area contributed by atoms with E-state index in [0.29, 0.717) is 11.3 Å². The van der Waals surface area contributed by atoms with Gasteiger partial charge in [-0.05, 0) is 53.1 Å². The molecule has 0 spiro atoms. The summed E-state index contributed by atoms with van der Waals surface area (Å²) in [5.74, 6) is -0.849. The van der Waals surface area contributed by atoms with Crippen LogP contribution in [-0.2, 0) is 15.6 Å². The molecule has 0 saturated heterocycles. The molecule has 0 aliphatic rings. The third-order valence-electron chi connectivity index (χ3n) is 4.06. The van der Waals surface area contributed by atoms with Crippen LogP contribution in [0.1, 0.15) is 15.9 Å². The number of sulfone groups is 1. The highest BCUT2D eigenvalue weighted by Gasteiger charge is 2.19. The molecule has 26 heavy (non-hydrogen) atoms. The molecule has 0 atom stereocenters. The molecule has 3 aromatic carbocycles. The van der Waals surface area contributed by atoms with Gasteiger partial charge in [0.25, 0.3) is 0 Å². The number of hydrogen-bond donors (Lipinski definition) is 2. The fraction of sp³-hybridized carbons (Fsp3) is 0.0500. The second-order valence-electron chi connectivity index (χ2n) is 5.93. The van der Waals surface area contributed by atoms with Crippen LogP contribution < -0.4 is 11.5 Å². The lowest BCUT2D eigenvalue weighted by molar-refractivity contribution is 0.1000. The van der Waals surface area contributed by atoms with E-state index in [0.717, 1.165) is 11.1 Å². The maximum Gasteiger partial charge on any atom is 0.248 e. The number of amides is 1. The van der Waals surface area contributed by atoms with E-state index >= 15 is 0 Å². The van der Waals surface area contributed by atoms with Gasteiger partial charge < -0.3 is 11.5 Å². The molecule has 4 N–H and O–H groups in total. The molecular weight excluding hydrogens is 348 g/mol. The molecule has 0 saturated carbocycles. The van der Waals surface area contributed by atoms with Gasteiger partial charge in [-0.3, -0.25) is 4.79 Å². The van der Waals surface area contributed by atoms with E-state index in [4.69, 9.17) is 11.5 Å². The number of primary amides is 1. The van der Waals surface area contributed by atoms with Gasteiger partial charge in [-0.15, -0.1) is 0 Å². The minimum atomic E-state index is -3.61. The molecule has 3 aromatic rings. The first-order valence-corrected chi connectivity index (χ1v) is 9.58. The van der Waals surface area contributed by atoms with Crippen molar-refractivity contribution in [1.29, 1.82) is 0 Å². The average molecular weight is 366 g/mol. The number of nitrogen functional groups attached to an aromatic ring is 1. The van der Waals surface area contributed by atoms with Gasteiger partial charge >= 0.3 is 0 Å². The molecule has 0 heterocycles. The molecule has 1 amide bonds. The topological polar surface area (TPSA) is 103 Å². The van der Waals surface area contributed by atoms with Crippen LogP contribution in [0.3, 0.4) is 0 Å². The molecule has 0 aliphatic heterocycles. The van der Waals surface area contributed by atoms with Gasteiger partial charge in [0.1, 0.15) is 0 Å². The van der Waals surface area contributed by atoms with Crippen LogP contribution in [0, 0.1) is 0 Å². The van der Waals surface area contributed by atoms with Crippen LogP contribution in [0.2, 0.25) is 0 Å². The Labute approximate surface area is 152 Å². The normalized spacial score (nSPS) is 11.2. The Bertz CT molecular complexity index is 1040. The van der Waals surface area contributed by atoms with Gasteiger partial charge in [0.15, 0.2) is 9.84 Å². The standard InChI is InChI=1S/C20H18N2O3S/c21-17-7-9-18(10-8-17)26(24,25)13-16-12-15(20(22)23)6-11-19(16)14-4-2-1-3-5-14/h1-12H,13,21H2,(H2,22,23). The van der Waals surface area contributed by atoms with Crippen molar-refractivity contribution in [2.75, 3.05) is 5.73 Å². The second-order valence-corrected chi connectivity index (χ2v) is 7.92. The summed E-state index contributed by atoms with van der Waals surface area (Å²) in [5.41, 5.74) is 13.9. The number of rotatable bonds is 5. The summed E-state index contributed by atoms with van der Waals surface area (Å²) in [6, 6.07) is 20.3. The predicted octanol–water partition coefficient (Wildman–Crippen LogP) is 3.01. The summed E-state index contributed by atoms with van der Waals surface area (Å²) < 4.78 is 25.6. The highest BCUT2D eigenvalue weighted by atomic mass is 32.2. The van der Waals surface area contributed by atoms with Gasteiger partial charge in [0, 0.05) is 11.3 Å². The first-order chi connectivity index (χ1) is 12.4. The first kappa shape index (κ1) is 17.7. The van der Waals surface area contributed by atoms with Crippen molar-refractivity contribution in [2.45, 2.75) is 10.6 Å². The van der Waals surface area contributed by atoms with E-state index in [1.807, 2.05) is 30.3 Å². The molecule has 132 valence electrons. The SMILES string of the molecule is NC(=O)c1ccc(-c2ccccc2)c(CS(=O)(=O)c2ccc(N)cc2)c1. The molecule has 6 heteroatoms. The van der Waals surface area contributed by atoms with E-state index in [-0.39, 0.29) is 16.2 Å². The lowest BCUT2D eigenvalue weighted by atomic mass is 9.98. The minimum Gasteiger partial charge on any atom is -0.399 e. The van der Waals surface area contributed by atoms with Crippen LogP contribution in [-0.4, -0.2) is 14.3 Å². The van der Waals surface area contributed by atoms with E-state index in [1.54, 1.807) is 30.3 Å². The van der Waals surface area contributed by atoms with Crippen molar-refractivity contribution < 1.29 is 13.2 Å². The maximum atomic E-state index is 12.8. The summed E-state index contributed by atoms with van der Waals surface area (Å²) in [7, 11) is -3.61. The Hall–Kier alpha value is -3.12. The van der Waals surface area contributed by atoms with Gasteiger partial charge in [-0.2, -0.15) is 0 Å². The van der Waals surface area contributed by atoms with E-state index < -0.39 is 15.7 Å². The molecule has 0 fully saturated rings. The Morgan fingerprint density at radius 3 is 2.15 bits per heavy atom. The summed E-state index contributed by atoms with van der Waals surface area (Å²) in [4.78, 5) is 11.7. The number of carbonyl (C=O) groups is 1. The summed E-state index contributed by atoms with van der Waals surface area (Å²) in [5, 5.41) is 0. The van der Waals surface area contributed by atoms with Crippen LogP contribution in [0.15, 0.2) is 77.7 Å². The number of benzene rings is 3. The molecule has 0 aliphatic carbocycles. The number of carbonyl (C=O) groups excluding carboxylic acids is 1. The van der Waals surface area contributed by atoms with Gasteiger partial charge in [0.05, 0.1) is 10.6 Å². The van der Waals surface area contributed by atoms with E-state index in [2.05, 4.69) is 0 Å². The third-order valence-corrected chi connectivity index (χ3v) is 5.74. The zero-order chi connectivity index (χ0) is 18.7. The van der Waals surface area contributed by atoms with Crippen molar-refractivity contribution in [3.05, 3.63) is 83.9 Å². The summed E-state index contributed by atoms with van der Waals surface area (Å²) in [6.45, 7) is 0. The zero-order valence-electron chi connectivity index (χ0n) is 13.9. The summed E-state index contributed by atoms with van der Waals surface area (Å²) >= 11 is 0. The molecule has 0 unspecified atom stereocenters. The zero-order valence-corrected chi connectivity index (χ0v) is 14.7. The number of hydrogen-bond acceptors (Lipinski definition) is 4. The fourth-order valence-electron chi connectivity index (χ4n) is 2.73. The lowest BCUT2D eigenvalue weighted by Gasteiger charge is -2.12. The van der Waals surface area contributed by atoms with E-state index in [1.165, 1.54) is 12.1 Å². The smallest absolute Gasteiger partial charge is 0.248 e. The summed E-state index contributed by atoms with van der Waals surface area (Å²) in [6.07, 6.45) is 0. The first-order valence-electron chi connectivity index (χ1n) is 7.93. The molecular formula is C20H18N2O3S. The minimum absolute atomic E-state index is 0.176. The van der Waals surface area contributed by atoms with Crippen molar-refractivity contribution in [1.82, 2.24) is 0 Å². The predicted molar refractivity (Wildman–Crippen MR) is 102 cm³/mol. The number of nitrogens with two attached hydrogens (primary N) is 2. The highest BCUT2D eigenvalue weighted by molar-refractivity contribution is 7.90. The van der Waals surface area contributed by atoms with Crippen LogP contribution >= 0.6 is 0 Å². The Balaban J connectivity index is 2.08. The van der Waals surface area contributed by atoms with Gasteiger partial charge in [-0.1, -0.05) is 36.4 Å². The molecule has 0 bridgehead atoms. The molecule has 0 radical (unpaired) electrons.